The number of nitrogens with zero attached hydrogens (tertiary/aromatic N) is 4. The van der Waals surface area contributed by atoms with E-state index in [-0.39, 0.29) is 45.1 Å². The average molecular weight is 718 g/mol. The van der Waals surface area contributed by atoms with E-state index in [2.05, 4.69) is 0 Å². The van der Waals surface area contributed by atoms with Gasteiger partial charge >= 0.3 is 11.4 Å². The predicted molar refractivity (Wildman–Crippen MR) is 167 cm³/mol. The molecule has 2 aliphatic rings. The number of carbonyl (C=O) groups excluding carboxylic acids is 2. The quantitative estimate of drug-likeness (QED) is 0.128. The predicted octanol–water partition coefficient (Wildman–Crippen LogP) is 4.69. The lowest BCUT2D eigenvalue weighted by Crippen LogP contribution is -2.40. The van der Waals surface area contributed by atoms with Crippen molar-refractivity contribution in [3.8, 4) is 23.0 Å². The molecule has 4 heterocycles. The molecule has 4 N–H and O–H groups in total. The molecular formula is C26H22Cl2N4O12S2. The Kier molecular flexibility index (Phi) is 9.57. The zero-order valence-corrected chi connectivity index (χ0v) is 26.4. The maximum atomic E-state index is 12.7. The normalized spacial score (nSPS) is 15.1. The molecule has 2 fully saturated rings. The van der Waals surface area contributed by atoms with Crippen LogP contribution >= 0.6 is 45.9 Å². The molecule has 2 amide bonds. The van der Waals surface area contributed by atoms with E-state index in [1.807, 2.05) is 0 Å². The fourth-order valence-electron chi connectivity index (χ4n) is 4.77. The number of carbonyl (C=O) groups is 2. The number of thiophene rings is 2. The number of nitro groups is 2. The summed E-state index contributed by atoms with van der Waals surface area (Å²) < 4.78 is 10.7. The molecule has 16 nitrogen and oxygen atoms in total. The molecule has 20 heteroatoms. The van der Waals surface area contributed by atoms with Gasteiger partial charge in [0, 0.05) is 42.3 Å². The minimum absolute atomic E-state index is 0.140. The van der Waals surface area contributed by atoms with Gasteiger partial charge in [-0.15, -0.1) is 22.7 Å². The van der Waals surface area contributed by atoms with E-state index in [0.29, 0.717) is 70.8 Å². The van der Waals surface area contributed by atoms with Crippen LogP contribution in [-0.4, -0.2) is 104 Å². The van der Waals surface area contributed by atoms with Crippen molar-refractivity contribution in [2.24, 2.45) is 0 Å². The van der Waals surface area contributed by atoms with Crippen LogP contribution in [0.1, 0.15) is 19.3 Å². The third kappa shape index (κ3) is 6.02. The highest BCUT2D eigenvalue weighted by atomic mass is 35.5. The number of hydrogen-bond acceptors (Lipinski definition) is 14. The fraction of sp³-hybridized carbons (Fsp3) is 0.308. The van der Waals surface area contributed by atoms with Crippen molar-refractivity contribution in [1.82, 2.24) is 9.80 Å². The van der Waals surface area contributed by atoms with Crippen LogP contribution in [0.3, 0.4) is 0 Å². The second-order valence-electron chi connectivity index (χ2n) is 9.75. The number of fused-ring (bicyclic) bond motifs is 2. The average Bonchev–Trinajstić information content (AvgIpc) is 3.53. The second-order valence-corrected chi connectivity index (χ2v) is 12.6. The maximum absolute atomic E-state index is 12.7. The Morgan fingerprint density at radius 3 is 1.70 bits per heavy atom. The summed E-state index contributed by atoms with van der Waals surface area (Å²) in [5.74, 6) is -3.71. The van der Waals surface area contributed by atoms with Crippen molar-refractivity contribution in [2.75, 3.05) is 52.6 Å². The smallest absolute Gasteiger partial charge is 0.332 e. The highest BCUT2D eigenvalue weighted by Gasteiger charge is 2.38. The number of nitro benzene ring substituents is 2. The molecule has 46 heavy (non-hydrogen) atoms. The Morgan fingerprint density at radius 2 is 1.20 bits per heavy atom. The summed E-state index contributed by atoms with van der Waals surface area (Å²) in [6, 6.07) is 2.79. The SMILES string of the molecule is O=C(c1sc2c([N+](=O)[O-])c(O)c(O)c([N+](=O)[O-])c2c1Cl)N1CCOCC1.O=C(c1sc2cc(O)c(O)cc2c1Cl)N1CCOCC1. The lowest BCUT2D eigenvalue weighted by Gasteiger charge is -2.26. The van der Waals surface area contributed by atoms with Crippen LogP contribution in [0.4, 0.5) is 11.4 Å². The third-order valence-electron chi connectivity index (χ3n) is 7.05. The standard InChI is InChI=1S/C13H10ClN3O8S.C13H12ClNO4S/c14-6-5-7(16(21)22)9(18)10(19)8(17(23)24)11(5)26-12(6)13(20)15-1-3-25-4-2-15;14-11-7-5-8(16)9(17)6-10(7)20-12(11)13(18)15-1-3-19-4-2-15/h18-19H,1-4H2;5-6,16-17H,1-4H2. The van der Waals surface area contributed by atoms with Crippen molar-refractivity contribution in [3.05, 3.63) is 52.2 Å². The summed E-state index contributed by atoms with van der Waals surface area (Å²) in [5.41, 5.74) is -1.94. The monoisotopic (exact) mass is 716 g/mol. The number of rotatable bonds is 4. The molecule has 0 atom stereocenters. The highest BCUT2D eigenvalue weighted by molar-refractivity contribution is 7.22. The van der Waals surface area contributed by atoms with E-state index < -0.39 is 44.0 Å². The number of hydrogen-bond donors (Lipinski definition) is 4. The molecule has 6 rings (SSSR count). The minimum Gasteiger partial charge on any atom is -0.504 e. The summed E-state index contributed by atoms with van der Waals surface area (Å²) in [4.78, 5) is 49.0. The van der Waals surface area contributed by atoms with Gasteiger partial charge < -0.3 is 39.7 Å². The number of halogens is 2. The van der Waals surface area contributed by atoms with Crippen LogP contribution in [-0.2, 0) is 9.47 Å². The second kappa shape index (κ2) is 13.3. The van der Waals surface area contributed by atoms with Crippen LogP contribution in [0.2, 0.25) is 10.0 Å². The summed E-state index contributed by atoms with van der Waals surface area (Å²) in [6.45, 7) is 3.27. The Labute approximate surface area is 275 Å². The van der Waals surface area contributed by atoms with Crippen molar-refractivity contribution in [3.63, 3.8) is 0 Å². The number of phenols is 4. The number of phenolic OH excluding ortho intramolecular Hbond substituents is 4. The molecule has 0 radical (unpaired) electrons. The molecule has 2 saturated heterocycles. The van der Waals surface area contributed by atoms with E-state index in [1.54, 1.807) is 4.90 Å². The van der Waals surface area contributed by atoms with Gasteiger partial charge in [0.1, 0.15) is 19.8 Å². The van der Waals surface area contributed by atoms with Gasteiger partial charge in [-0.3, -0.25) is 29.8 Å². The summed E-state index contributed by atoms with van der Waals surface area (Å²) >= 11 is 14.1. The van der Waals surface area contributed by atoms with E-state index >= 15 is 0 Å². The number of ether oxygens (including phenoxy) is 2. The molecule has 2 aromatic carbocycles. The molecule has 0 unspecified atom stereocenters. The van der Waals surface area contributed by atoms with Gasteiger partial charge in [-0.2, -0.15) is 0 Å². The summed E-state index contributed by atoms with van der Waals surface area (Å²) in [6.07, 6.45) is 0. The first-order chi connectivity index (χ1) is 21.8. The van der Waals surface area contributed by atoms with Crippen molar-refractivity contribution in [2.45, 2.75) is 0 Å². The molecule has 0 saturated carbocycles. The maximum Gasteiger partial charge on any atom is 0.332 e. The number of benzene rings is 2. The van der Waals surface area contributed by atoms with Gasteiger partial charge in [0.05, 0.1) is 46.3 Å². The van der Waals surface area contributed by atoms with E-state index in [0.717, 1.165) is 0 Å². The Balaban J connectivity index is 0.000000187. The third-order valence-corrected chi connectivity index (χ3v) is 10.4. The topological polar surface area (TPSA) is 226 Å². The number of amides is 2. The molecule has 0 bridgehead atoms. The van der Waals surface area contributed by atoms with Crippen LogP contribution in [0.25, 0.3) is 20.2 Å². The van der Waals surface area contributed by atoms with Crippen molar-refractivity contribution >= 4 is 89.2 Å². The van der Waals surface area contributed by atoms with Gasteiger partial charge in [0.15, 0.2) is 11.5 Å². The van der Waals surface area contributed by atoms with Gasteiger partial charge in [0.25, 0.3) is 11.8 Å². The molecular weight excluding hydrogens is 695 g/mol. The number of aromatic hydroxyl groups is 4. The molecule has 2 aliphatic heterocycles. The zero-order chi connectivity index (χ0) is 33.4. The lowest BCUT2D eigenvalue weighted by molar-refractivity contribution is -0.387. The van der Waals surface area contributed by atoms with Crippen LogP contribution in [0, 0.1) is 20.2 Å². The molecule has 0 aliphatic carbocycles. The van der Waals surface area contributed by atoms with Gasteiger partial charge in [-0.05, 0) is 6.07 Å². The molecule has 0 spiro atoms. The molecule has 4 aromatic rings. The summed E-state index contributed by atoms with van der Waals surface area (Å²) in [5, 5.41) is 61.3. The van der Waals surface area contributed by atoms with Gasteiger partial charge in [-0.1, -0.05) is 23.2 Å². The van der Waals surface area contributed by atoms with E-state index in [4.69, 9.17) is 32.7 Å². The fourth-order valence-corrected chi connectivity index (χ4v) is 7.88. The van der Waals surface area contributed by atoms with Crippen molar-refractivity contribution < 1.29 is 49.3 Å². The lowest BCUT2D eigenvalue weighted by atomic mass is 10.1. The zero-order valence-electron chi connectivity index (χ0n) is 23.2. The first-order valence-corrected chi connectivity index (χ1v) is 15.6. The van der Waals surface area contributed by atoms with Crippen LogP contribution < -0.4 is 0 Å². The molecule has 2 aromatic heterocycles. The van der Waals surface area contributed by atoms with E-state index in [9.17, 15) is 50.2 Å². The molecule has 244 valence electrons. The largest absolute Gasteiger partial charge is 0.504 e. The van der Waals surface area contributed by atoms with Gasteiger partial charge in [-0.25, -0.2) is 0 Å². The summed E-state index contributed by atoms with van der Waals surface area (Å²) in [7, 11) is 0. The Hall–Kier alpha value is -4.20. The number of morpholine rings is 2. The Morgan fingerprint density at radius 1 is 0.739 bits per heavy atom. The van der Waals surface area contributed by atoms with E-state index in [1.165, 1.54) is 28.4 Å². The van der Waals surface area contributed by atoms with Crippen LogP contribution in [0.15, 0.2) is 12.1 Å². The van der Waals surface area contributed by atoms with Crippen molar-refractivity contribution in [1.29, 1.82) is 0 Å². The minimum atomic E-state index is -1.28. The van der Waals surface area contributed by atoms with Crippen LogP contribution in [0.5, 0.6) is 23.0 Å². The van der Waals surface area contributed by atoms with Gasteiger partial charge in [0.2, 0.25) is 11.5 Å². The first-order valence-electron chi connectivity index (χ1n) is 13.2. The first kappa shape index (κ1) is 33.2. The Bertz CT molecular complexity index is 1900. The highest BCUT2D eigenvalue weighted by Crippen LogP contribution is 2.54.